The van der Waals surface area contributed by atoms with Gasteiger partial charge < -0.3 is 10.1 Å². The van der Waals surface area contributed by atoms with Crippen molar-refractivity contribution in [2.24, 2.45) is 0 Å². The number of pyridine rings is 1. The van der Waals surface area contributed by atoms with E-state index in [1.54, 1.807) is 12.1 Å². The van der Waals surface area contributed by atoms with Crippen molar-refractivity contribution >= 4 is 28.6 Å². The van der Waals surface area contributed by atoms with Crippen LogP contribution < -0.4 is 0 Å². The van der Waals surface area contributed by atoms with E-state index < -0.39 is 5.97 Å². The van der Waals surface area contributed by atoms with Crippen LogP contribution in [0.1, 0.15) is 10.5 Å². The van der Waals surface area contributed by atoms with E-state index in [1.807, 2.05) is 30.3 Å². The molecule has 0 amide bonds. The van der Waals surface area contributed by atoms with E-state index in [4.69, 9.17) is 5.11 Å². The third-order valence-electron chi connectivity index (χ3n) is 2.66. The van der Waals surface area contributed by atoms with Crippen LogP contribution in [0.5, 0.6) is 0 Å². The largest absolute Gasteiger partial charge is 0.477 e. The molecule has 0 bridgehead atoms. The molecule has 0 aliphatic carbocycles. The summed E-state index contributed by atoms with van der Waals surface area (Å²) in [6.45, 7) is 0. The Morgan fingerprint density at radius 1 is 1.16 bits per heavy atom. The Hall–Kier alpha value is -2.27. The Balaban J connectivity index is 1.92. The summed E-state index contributed by atoms with van der Waals surface area (Å²) in [5.41, 5.74) is 1.11. The second kappa shape index (κ2) is 4.78. The number of rotatable bonds is 3. The van der Waals surface area contributed by atoms with Crippen LogP contribution in [-0.4, -0.2) is 21.0 Å². The van der Waals surface area contributed by atoms with E-state index in [0.717, 1.165) is 15.9 Å². The lowest BCUT2D eigenvalue weighted by molar-refractivity contribution is 0.0689. The summed E-state index contributed by atoms with van der Waals surface area (Å²) in [5, 5.41) is 11.6. The third kappa shape index (κ3) is 2.46. The van der Waals surface area contributed by atoms with Crippen molar-refractivity contribution in [3.05, 3.63) is 54.2 Å². The van der Waals surface area contributed by atoms with E-state index in [9.17, 15) is 4.79 Å². The highest BCUT2D eigenvalue weighted by molar-refractivity contribution is 7.99. The molecule has 2 heterocycles. The van der Waals surface area contributed by atoms with Gasteiger partial charge in [-0.05, 0) is 24.3 Å². The Kier molecular flexibility index (Phi) is 2.97. The molecular weight excluding hydrogens is 260 g/mol. The van der Waals surface area contributed by atoms with E-state index in [0.29, 0.717) is 5.03 Å². The van der Waals surface area contributed by atoms with Gasteiger partial charge in [-0.25, -0.2) is 9.78 Å². The Bertz CT molecular complexity index is 719. The first-order valence-corrected chi connectivity index (χ1v) is 6.50. The minimum Gasteiger partial charge on any atom is -0.477 e. The van der Waals surface area contributed by atoms with Crippen molar-refractivity contribution in [1.82, 2.24) is 9.97 Å². The van der Waals surface area contributed by atoms with Gasteiger partial charge in [0.1, 0.15) is 10.7 Å². The number of aromatic carboxylic acids is 1. The first kappa shape index (κ1) is 11.8. The normalized spacial score (nSPS) is 10.7. The number of carboxylic acids is 1. The van der Waals surface area contributed by atoms with Gasteiger partial charge in [0.15, 0.2) is 0 Å². The third-order valence-corrected chi connectivity index (χ3v) is 3.54. The highest BCUT2D eigenvalue weighted by Gasteiger charge is 2.07. The average Bonchev–Trinajstić information content (AvgIpc) is 2.81. The number of para-hydroxylation sites is 1. The molecular formula is C14H10N2O2S. The van der Waals surface area contributed by atoms with Crippen LogP contribution in [-0.2, 0) is 0 Å². The standard InChI is InChI=1S/C14H10N2O2S/c17-14(18)11-6-3-7-12(16-11)19-13-8-9-4-1-2-5-10(9)15-13/h1-8,15H,(H,17,18). The number of nitrogens with zero attached hydrogens (tertiary/aromatic N) is 1. The minimum absolute atomic E-state index is 0.0566. The monoisotopic (exact) mass is 270 g/mol. The number of carbonyl (C=O) groups is 1. The minimum atomic E-state index is -1.01. The zero-order valence-corrected chi connectivity index (χ0v) is 10.6. The highest BCUT2D eigenvalue weighted by Crippen LogP contribution is 2.28. The molecule has 94 valence electrons. The molecule has 0 fully saturated rings. The van der Waals surface area contributed by atoms with Crippen LogP contribution in [0, 0.1) is 0 Å². The van der Waals surface area contributed by atoms with Gasteiger partial charge in [-0.3, -0.25) is 0 Å². The zero-order valence-electron chi connectivity index (χ0n) is 9.83. The summed E-state index contributed by atoms with van der Waals surface area (Å²) in [7, 11) is 0. The first-order chi connectivity index (χ1) is 9.22. The number of hydrogen-bond donors (Lipinski definition) is 2. The molecule has 0 saturated carbocycles. The summed E-state index contributed by atoms with van der Waals surface area (Å²) in [6, 6.07) is 15.0. The molecule has 0 radical (unpaired) electrons. The molecule has 1 aromatic carbocycles. The van der Waals surface area contributed by atoms with Crippen LogP contribution in [0.25, 0.3) is 10.9 Å². The molecule has 0 spiro atoms. The van der Waals surface area contributed by atoms with Gasteiger partial charge in [0.2, 0.25) is 0 Å². The van der Waals surface area contributed by atoms with Crippen molar-refractivity contribution in [2.45, 2.75) is 10.1 Å². The lowest BCUT2D eigenvalue weighted by Crippen LogP contribution is -1.99. The second-order valence-electron chi connectivity index (χ2n) is 3.99. The average molecular weight is 270 g/mol. The quantitative estimate of drug-likeness (QED) is 0.765. The summed E-state index contributed by atoms with van der Waals surface area (Å²) >= 11 is 1.41. The number of nitrogens with one attached hydrogen (secondary N) is 1. The maximum atomic E-state index is 10.9. The molecule has 0 unspecified atom stereocenters. The molecule has 2 aromatic heterocycles. The van der Waals surface area contributed by atoms with Crippen molar-refractivity contribution in [1.29, 1.82) is 0 Å². The molecule has 0 atom stereocenters. The van der Waals surface area contributed by atoms with Crippen molar-refractivity contribution < 1.29 is 9.90 Å². The number of H-pyrrole nitrogens is 1. The summed E-state index contributed by atoms with van der Waals surface area (Å²) in [5.74, 6) is -1.01. The van der Waals surface area contributed by atoms with Crippen LogP contribution in [0.4, 0.5) is 0 Å². The van der Waals surface area contributed by atoms with Crippen LogP contribution in [0.2, 0.25) is 0 Å². The van der Waals surface area contributed by atoms with E-state index in [-0.39, 0.29) is 5.69 Å². The second-order valence-corrected chi connectivity index (χ2v) is 5.05. The number of benzene rings is 1. The predicted octanol–water partition coefficient (Wildman–Crippen LogP) is 3.41. The molecule has 3 rings (SSSR count). The summed E-state index contributed by atoms with van der Waals surface area (Å²) < 4.78 is 0. The molecule has 2 N–H and O–H groups in total. The van der Waals surface area contributed by atoms with Crippen LogP contribution in [0.3, 0.4) is 0 Å². The fourth-order valence-electron chi connectivity index (χ4n) is 1.81. The van der Waals surface area contributed by atoms with Crippen LogP contribution in [0.15, 0.2) is 58.6 Å². The fourth-order valence-corrected chi connectivity index (χ4v) is 2.67. The molecule has 0 aliphatic heterocycles. The molecule has 19 heavy (non-hydrogen) atoms. The lowest BCUT2D eigenvalue weighted by Gasteiger charge is -1.99. The number of hydrogen-bond acceptors (Lipinski definition) is 3. The van der Waals surface area contributed by atoms with Crippen molar-refractivity contribution in [2.75, 3.05) is 0 Å². The van der Waals surface area contributed by atoms with Crippen molar-refractivity contribution in [3.63, 3.8) is 0 Å². The molecule has 4 nitrogen and oxygen atoms in total. The van der Waals surface area contributed by atoms with Gasteiger partial charge in [-0.2, -0.15) is 0 Å². The van der Waals surface area contributed by atoms with Gasteiger partial charge in [0.05, 0.1) is 5.03 Å². The predicted molar refractivity (Wildman–Crippen MR) is 73.6 cm³/mol. The SMILES string of the molecule is O=C(O)c1cccc(Sc2cc3ccccc3[nH]2)n1. The van der Waals surface area contributed by atoms with Gasteiger partial charge in [0, 0.05) is 10.9 Å². The summed E-state index contributed by atoms with van der Waals surface area (Å²) in [6.07, 6.45) is 0. The Morgan fingerprint density at radius 3 is 2.79 bits per heavy atom. The highest BCUT2D eigenvalue weighted by atomic mass is 32.2. The number of carboxylic acid groups (broad SMARTS) is 1. The first-order valence-electron chi connectivity index (χ1n) is 5.68. The maximum absolute atomic E-state index is 10.9. The summed E-state index contributed by atoms with van der Waals surface area (Å²) in [4.78, 5) is 18.2. The Morgan fingerprint density at radius 2 is 2.00 bits per heavy atom. The number of fused-ring (bicyclic) bond motifs is 1. The van der Waals surface area contributed by atoms with Gasteiger partial charge in [0.25, 0.3) is 0 Å². The fraction of sp³-hybridized carbons (Fsp3) is 0. The van der Waals surface area contributed by atoms with Gasteiger partial charge in [-0.15, -0.1) is 0 Å². The van der Waals surface area contributed by atoms with E-state index in [1.165, 1.54) is 17.8 Å². The zero-order chi connectivity index (χ0) is 13.2. The van der Waals surface area contributed by atoms with Crippen molar-refractivity contribution in [3.8, 4) is 0 Å². The van der Waals surface area contributed by atoms with Gasteiger partial charge >= 0.3 is 5.97 Å². The van der Waals surface area contributed by atoms with E-state index in [2.05, 4.69) is 9.97 Å². The smallest absolute Gasteiger partial charge is 0.354 e. The molecule has 3 aromatic rings. The topological polar surface area (TPSA) is 66.0 Å². The number of aromatic nitrogens is 2. The number of aromatic amines is 1. The Labute approximate surface area is 113 Å². The molecule has 0 saturated heterocycles. The lowest BCUT2D eigenvalue weighted by atomic mass is 10.3. The molecule has 0 aliphatic rings. The van der Waals surface area contributed by atoms with Gasteiger partial charge in [-0.1, -0.05) is 36.0 Å². The maximum Gasteiger partial charge on any atom is 0.354 e. The van der Waals surface area contributed by atoms with E-state index >= 15 is 0 Å². The van der Waals surface area contributed by atoms with Crippen LogP contribution >= 0.6 is 11.8 Å². The molecule has 5 heteroatoms.